The number of nitrogens with zero attached hydrogens (tertiary/aromatic N) is 6. The molecule has 21 heteroatoms. The first-order chi connectivity index (χ1) is 23.0. The van der Waals surface area contributed by atoms with Crippen LogP contribution in [0.4, 0.5) is 0 Å². The van der Waals surface area contributed by atoms with Gasteiger partial charge in [-0.2, -0.15) is 5.06 Å². The lowest BCUT2D eigenvalue weighted by molar-refractivity contribution is -0.197. The van der Waals surface area contributed by atoms with Crippen LogP contribution in [0, 0.1) is 0 Å². The van der Waals surface area contributed by atoms with E-state index in [0.29, 0.717) is 5.06 Å². The van der Waals surface area contributed by atoms with Crippen LogP contribution < -0.4 is 5.32 Å². The molecule has 0 atom stereocenters. The number of amides is 5. The molecule has 2 aliphatic heterocycles. The van der Waals surface area contributed by atoms with Gasteiger partial charge in [-0.15, -0.1) is 5.06 Å². The van der Waals surface area contributed by atoms with Gasteiger partial charge in [0.2, 0.25) is 5.91 Å². The lowest BCUT2D eigenvalue weighted by atomic mass is 10.0. The third-order valence-electron chi connectivity index (χ3n) is 6.47. The quantitative estimate of drug-likeness (QED) is 0.116. The topological polar surface area (TPSA) is 275 Å². The van der Waals surface area contributed by atoms with Gasteiger partial charge in [-0.3, -0.25) is 48.6 Å². The maximum atomic E-state index is 11.5. The Labute approximate surface area is 297 Å². The lowest BCUT2D eigenvalue weighted by Gasteiger charge is -2.32. The van der Waals surface area contributed by atoms with Crippen LogP contribution in [0.1, 0.15) is 53.4 Å². The molecule has 294 valence electrons. The number of aliphatic carboxylic acids is 3. The average molecular weight is 738 g/mol. The van der Waals surface area contributed by atoms with Crippen LogP contribution in [-0.2, 0) is 48.0 Å². The minimum absolute atomic E-state index is 0.0387. The van der Waals surface area contributed by atoms with E-state index in [1.807, 2.05) is 0 Å². The summed E-state index contributed by atoms with van der Waals surface area (Å²) in [5, 5.41) is 37.1. The van der Waals surface area contributed by atoms with Crippen LogP contribution in [-0.4, -0.2) is 191 Å². The van der Waals surface area contributed by atoms with Gasteiger partial charge in [-0.1, -0.05) is 0 Å². The smallest absolute Gasteiger partial charge is 0.347 e. The molecule has 0 aromatic rings. The molecule has 0 bridgehead atoms. The molecule has 0 aromatic heterocycles. The summed E-state index contributed by atoms with van der Waals surface area (Å²) in [5.41, 5.74) is -1.95. The molecule has 2 aliphatic rings. The summed E-state index contributed by atoms with van der Waals surface area (Å²) in [7, 11) is 13.5. The second-order valence-electron chi connectivity index (χ2n) is 12.7. The second-order valence-corrected chi connectivity index (χ2v) is 12.7. The Morgan fingerprint density at radius 3 is 1.25 bits per heavy atom. The van der Waals surface area contributed by atoms with Crippen molar-refractivity contribution in [2.75, 3.05) is 76.0 Å². The Hall–Kier alpha value is -4.57. The number of carbonyl (C=O) groups is 9. The highest BCUT2D eigenvalue weighted by Gasteiger charge is 2.35. The van der Waals surface area contributed by atoms with Crippen molar-refractivity contribution in [1.82, 2.24) is 35.0 Å². The van der Waals surface area contributed by atoms with Gasteiger partial charge in [-0.25, -0.2) is 9.59 Å². The second kappa shape index (κ2) is 23.8. The van der Waals surface area contributed by atoms with Crippen molar-refractivity contribution in [3.05, 3.63) is 0 Å². The number of likely N-dealkylation sites (N-methyl/N-ethyl adjacent to an activating group) is 5. The van der Waals surface area contributed by atoms with Gasteiger partial charge in [0.1, 0.15) is 11.1 Å². The van der Waals surface area contributed by atoms with Crippen molar-refractivity contribution in [2.45, 2.75) is 64.5 Å². The zero-order valence-corrected chi connectivity index (χ0v) is 31.5. The average Bonchev–Trinajstić information content (AvgIpc) is 3.46. The normalized spacial score (nSPS) is 14.0. The van der Waals surface area contributed by atoms with Crippen molar-refractivity contribution < 1.29 is 68.5 Å². The van der Waals surface area contributed by atoms with Crippen LogP contribution in [0.2, 0.25) is 0 Å². The van der Waals surface area contributed by atoms with E-state index in [1.165, 1.54) is 25.8 Å². The summed E-state index contributed by atoms with van der Waals surface area (Å²) in [4.78, 5) is 107. The van der Waals surface area contributed by atoms with E-state index in [0.717, 1.165) is 0 Å². The number of carboxylic acid groups (broad SMARTS) is 3. The molecule has 2 heterocycles. The molecule has 0 aromatic carbocycles. The largest absolute Gasteiger partial charge is 0.480 e. The number of hydroxylamine groups is 4. The predicted molar refractivity (Wildman–Crippen MR) is 179 cm³/mol. The highest BCUT2D eigenvalue weighted by atomic mass is 16.7. The number of imide groups is 2. The molecule has 21 nitrogen and oxygen atoms in total. The van der Waals surface area contributed by atoms with Crippen molar-refractivity contribution in [1.29, 1.82) is 0 Å². The minimum Gasteiger partial charge on any atom is -0.480 e. The van der Waals surface area contributed by atoms with Crippen LogP contribution in [0.3, 0.4) is 0 Å². The molecule has 2 rings (SSSR count). The molecule has 0 spiro atoms. The molecule has 5 amide bonds. The summed E-state index contributed by atoms with van der Waals surface area (Å²) in [6, 6.07) is 0. The van der Waals surface area contributed by atoms with Gasteiger partial charge < -0.3 is 35.3 Å². The number of carboxylic acids is 3. The fourth-order valence-corrected chi connectivity index (χ4v) is 2.82. The molecule has 5 N–H and O–H groups in total. The third kappa shape index (κ3) is 22.0. The Bertz CT molecular complexity index is 1200. The highest BCUT2D eigenvalue weighted by molar-refractivity contribution is 6.01. The van der Waals surface area contributed by atoms with Crippen molar-refractivity contribution >= 4 is 53.4 Å². The van der Waals surface area contributed by atoms with Gasteiger partial charge in [0.25, 0.3) is 23.6 Å². The standard InChI is InChI=1S/C9H18N2O3.C8H12N2O4.C5H11NO2.C4H5NO3.C4H9NO2/c1-9(2,8(13)14)11(5)7(12)6-10(3)4;1-9(2)5-8(13)14-10-6(11)3-4-7(10)12;1-5(2,6-3)4(7)8;6-3-1-2-4(7)5(3)8;1-5(2)3-4(6)7/h6H2,1-5H3,(H,13,14);3-5H2,1-2H3;6H,1-3H3,(H,7,8);8H,1-2H2;3H2,1-2H3,(H,6,7). The zero-order chi connectivity index (χ0) is 41.0. The highest BCUT2D eigenvalue weighted by Crippen LogP contribution is 2.13. The molecular formula is C30H55N7O14. The van der Waals surface area contributed by atoms with Crippen LogP contribution in [0.15, 0.2) is 0 Å². The predicted octanol–water partition coefficient (Wildman–Crippen LogP) is -1.75. The molecule has 2 saturated heterocycles. The summed E-state index contributed by atoms with van der Waals surface area (Å²) < 4.78 is 0. The first kappa shape index (κ1) is 50.8. The number of nitrogens with one attached hydrogen (secondary N) is 1. The number of hydrogen-bond donors (Lipinski definition) is 5. The van der Waals surface area contributed by atoms with E-state index < -0.39 is 58.6 Å². The van der Waals surface area contributed by atoms with Gasteiger partial charge in [0.05, 0.1) is 19.6 Å². The Morgan fingerprint density at radius 1 is 0.667 bits per heavy atom. The molecule has 0 radical (unpaired) electrons. The Kier molecular flexibility index (Phi) is 23.7. The van der Waals surface area contributed by atoms with E-state index >= 15 is 0 Å². The van der Waals surface area contributed by atoms with Crippen LogP contribution >= 0.6 is 0 Å². The first-order valence-corrected chi connectivity index (χ1v) is 15.2. The van der Waals surface area contributed by atoms with E-state index in [1.54, 1.807) is 77.9 Å². The summed E-state index contributed by atoms with van der Waals surface area (Å²) in [6.07, 6.45) is 0.535. The van der Waals surface area contributed by atoms with E-state index in [2.05, 4.69) is 10.2 Å². The molecular weight excluding hydrogens is 682 g/mol. The van der Waals surface area contributed by atoms with Gasteiger partial charge in [-0.05, 0) is 77.0 Å². The fourth-order valence-electron chi connectivity index (χ4n) is 2.82. The van der Waals surface area contributed by atoms with Gasteiger partial charge in [0, 0.05) is 32.7 Å². The monoisotopic (exact) mass is 737 g/mol. The molecule has 51 heavy (non-hydrogen) atoms. The van der Waals surface area contributed by atoms with Crippen molar-refractivity contribution in [3.8, 4) is 0 Å². The molecule has 0 unspecified atom stereocenters. The molecule has 2 fully saturated rings. The van der Waals surface area contributed by atoms with Gasteiger partial charge in [0.15, 0.2) is 0 Å². The Morgan fingerprint density at radius 2 is 1.04 bits per heavy atom. The van der Waals surface area contributed by atoms with E-state index in [4.69, 9.17) is 20.5 Å². The summed E-state index contributed by atoms with van der Waals surface area (Å²) in [6.45, 7) is 6.58. The van der Waals surface area contributed by atoms with Crippen LogP contribution in [0.5, 0.6) is 0 Å². The molecule has 0 aliphatic carbocycles. The van der Waals surface area contributed by atoms with Crippen molar-refractivity contribution in [3.63, 3.8) is 0 Å². The van der Waals surface area contributed by atoms with E-state index in [9.17, 15) is 43.2 Å². The third-order valence-corrected chi connectivity index (χ3v) is 6.47. The van der Waals surface area contributed by atoms with Crippen molar-refractivity contribution in [2.24, 2.45) is 0 Å². The number of carbonyl (C=O) groups excluding carboxylic acids is 6. The number of rotatable bonds is 11. The Balaban J connectivity index is -0.000000583. The molecule has 0 saturated carbocycles. The SMILES string of the molecule is CN(C)CC(=O)N(C)C(C)(C)C(=O)O.CN(C)CC(=O)O.CN(C)CC(=O)ON1C(=O)CCC1=O.CNC(C)(C)C(=O)O.O=C1CCC(=O)N1O. The zero-order valence-electron chi connectivity index (χ0n) is 31.5. The summed E-state index contributed by atoms with van der Waals surface area (Å²) >= 11 is 0. The lowest BCUT2D eigenvalue weighted by Crippen LogP contribution is -2.52. The summed E-state index contributed by atoms with van der Waals surface area (Å²) in [5.74, 6) is -5.37. The van der Waals surface area contributed by atoms with Gasteiger partial charge >= 0.3 is 23.9 Å². The number of hydrogen-bond acceptors (Lipinski definition) is 15. The minimum atomic E-state index is -1.16. The first-order valence-electron chi connectivity index (χ1n) is 15.2. The van der Waals surface area contributed by atoms with E-state index in [-0.39, 0.29) is 56.3 Å². The maximum Gasteiger partial charge on any atom is 0.347 e. The maximum absolute atomic E-state index is 11.5. The van der Waals surface area contributed by atoms with Crippen LogP contribution in [0.25, 0.3) is 0 Å². The fraction of sp³-hybridized carbons (Fsp3) is 0.700.